The summed E-state index contributed by atoms with van der Waals surface area (Å²) in [6.45, 7) is 11.8. The van der Waals surface area contributed by atoms with E-state index in [2.05, 4.69) is 113 Å². The molecule has 3 aromatic rings. The maximum atomic E-state index is 2.38. The molecular weight excluding hydrogens is 348 g/mol. The molecule has 0 aliphatic carbocycles. The summed E-state index contributed by atoms with van der Waals surface area (Å²) in [5.74, 6) is 2.13. The molecule has 1 radical (unpaired) electrons. The topological polar surface area (TPSA) is 0 Å². The van der Waals surface area contributed by atoms with E-state index in [0.717, 1.165) is 19.3 Å². The molecular formula is C29H35. The number of rotatable bonds is 7. The van der Waals surface area contributed by atoms with Gasteiger partial charge in [0.15, 0.2) is 0 Å². The molecule has 0 aliphatic rings. The van der Waals surface area contributed by atoms with Crippen molar-refractivity contribution < 1.29 is 0 Å². The first-order valence-corrected chi connectivity index (χ1v) is 11.0. The SMILES string of the molecule is CCC(C)[C](Cc1ccccc1)c1cccc(Cc2ccccc2)c1C(C)(C)C. The highest BCUT2D eigenvalue weighted by molar-refractivity contribution is 5.50. The van der Waals surface area contributed by atoms with Crippen LogP contribution in [0.15, 0.2) is 78.9 Å². The summed E-state index contributed by atoms with van der Waals surface area (Å²) in [7, 11) is 0. The first-order chi connectivity index (χ1) is 13.9. The van der Waals surface area contributed by atoms with Crippen LogP contribution in [0.3, 0.4) is 0 Å². The van der Waals surface area contributed by atoms with E-state index in [1.165, 1.54) is 27.8 Å². The van der Waals surface area contributed by atoms with Gasteiger partial charge in [-0.05, 0) is 52.0 Å². The molecule has 0 aromatic heterocycles. The largest absolute Gasteiger partial charge is 0.0651 e. The second-order valence-electron chi connectivity index (χ2n) is 9.25. The fourth-order valence-corrected chi connectivity index (χ4v) is 4.31. The van der Waals surface area contributed by atoms with Crippen LogP contribution in [-0.2, 0) is 18.3 Å². The smallest absolute Gasteiger partial charge is 0.0124 e. The molecule has 0 spiro atoms. The summed E-state index contributed by atoms with van der Waals surface area (Å²) < 4.78 is 0. The lowest BCUT2D eigenvalue weighted by molar-refractivity contribution is 0.544. The molecule has 0 amide bonds. The van der Waals surface area contributed by atoms with Crippen LogP contribution in [0.1, 0.15) is 68.9 Å². The van der Waals surface area contributed by atoms with Crippen molar-refractivity contribution in [2.24, 2.45) is 5.92 Å². The van der Waals surface area contributed by atoms with Gasteiger partial charge in [0.1, 0.15) is 0 Å². The summed E-state index contributed by atoms with van der Waals surface area (Å²) in [6.07, 6.45) is 3.17. The fourth-order valence-electron chi connectivity index (χ4n) is 4.31. The van der Waals surface area contributed by atoms with E-state index in [1.807, 2.05) is 0 Å². The highest BCUT2D eigenvalue weighted by Crippen LogP contribution is 2.39. The Labute approximate surface area is 178 Å². The molecule has 3 aromatic carbocycles. The maximum Gasteiger partial charge on any atom is 0.0124 e. The molecule has 0 saturated heterocycles. The molecule has 0 N–H and O–H groups in total. The van der Waals surface area contributed by atoms with E-state index >= 15 is 0 Å². The van der Waals surface area contributed by atoms with Crippen LogP contribution in [0.4, 0.5) is 0 Å². The lowest BCUT2D eigenvalue weighted by Gasteiger charge is -2.32. The van der Waals surface area contributed by atoms with Crippen molar-refractivity contribution in [3.05, 3.63) is 113 Å². The third-order valence-corrected chi connectivity index (χ3v) is 5.93. The minimum Gasteiger partial charge on any atom is -0.0651 e. The number of hydrogen-bond donors (Lipinski definition) is 0. The van der Waals surface area contributed by atoms with E-state index in [0.29, 0.717) is 5.92 Å². The Morgan fingerprint density at radius 1 is 0.759 bits per heavy atom. The lowest BCUT2D eigenvalue weighted by atomic mass is 9.72. The summed E-state index contributed by atoms with van der Waals surface area (Å²) in [5.41, 5.74) is 7.30. The second kappa shape index (κ2) is 9.44. The van der Waals surface area contributed by atoms with E-state index in [9.17, 15) is 0 Å². The summed E-state index contributed by atoms with van der Waals surface area (Å²) in [5, 5.41) is 0. The molecule has 1 unspecified atom stereocenters. The van der Waals surface area contributed by atoms with Crippen molar-refractivity contribution in [3.8, 4) is 0 Å². The van der Waals surface area contributed by atoms with E-state index in [1.54, 1.807) is 5.92 Å². The van der Waals surface area contributed by atoms with E-state index < -0.39 is 0 Å². The Morgan fingerprint density at radius 2 is 1.34 bits per heavy atom. The second-order valence-corrected chi connectivity index (χ2v) is 9.25. The minimum atomic E-state index is 0.0934. The zero-order valence-electron chi connectivity index (χ0n) is 18.7. The van der Waals surface area contributed by atoms with Crippen molar-refractivity contribution in [1.29, 1.82) is 0 Å². The Balaban J connectivity index is 2.08. The molecule has 0 heterocycles. The Bertz CT molecular complexity index is 884. The molecule has 0 bridgehead atoms. The van der Waals surface area contributed by atoms with Crippen LogP contribution >= 0.6 is 0 Å². The third kappa shape index (κ3) is 5.38. The van der Waals surface area contributed by atoms with Gasteiger partial charge in [-0.2, -0.15) is 0 Å². The molecule has 151 valence electrons. The molecule has 0 saturated carbocycles. The Kier molecular flexibility index (Phi) is 6.96. The van der Waals surface area contributed by atoms with Crippen molar-refractivity contribution in [2.75, 3.05) is 0 Å². The lowest BCUT2D eigenvalue weighted by Crippen LogP contribution is -2.23. The van der Waals surface area contributed by atoms with Crippen LogP contribution in [-0.4, -0.2) is 0 Å². The first-order valence-electron chi connectivity index (χ1n) is 11.0. The predicted octanol–water partition coefficient (Wildman–Crippen LogP) is 7.79. The van der Waals surface area contributed by atoms with Gasteiger partial charge in [0.05, 0.1) is 0 Å². The summed E-state index contributed by atoms with van der Waals surface area (Å²) in [6, 6.07) is 28.7. The Hall–Kier alpha value is -2.34. The molecule has 0 fully saturated rings. The quantitative estimate of drug-likeness (QED) is 0.390. The molecule has 29 heavy (non-hydrogen) atoms. The van der Waals surface area contributed by atoms with E-state index in [-0.39, 0.29) is 5.41 Å². The zero-order valence-corrected chi connectivity index (χ0v) is 18.7. The zero-order chi connectivity index (χ0) is 20.9. The molecule has 3 rings (SSSR count). The molecule has 0 heteroatoms. The molecule has 1 atom stereocenters. The van der Waals surface area contributed by atoms with Crippen LogP contribution in [0.5, 0.6) is 0 Å². The number of benzene rings is 3. The van der Waals surface area contributed by atoms with Crippen LogP contribution in [0.25, 0.3) is 0 Å². The van der Waals surface area contributed by atoms with Crippen molar-refractivity contribution in [2.45, 2.75) is 59.3 Å². The van der Waals surface area contributed by atoms with Crippen LogP contribution in [0.2, 0.25) is 0 Å². The summed E-state index contributed by atoms with van der Waals surface area (Å²) >= 11 is 0. The van der Waals surface area contributed by atoms with Gasteiger partial charge in [0.2, 0.25) is 0 Å². The monoisotopic (exact) mass is 383 g/mol. The molecule has 0 aliphatic heterocycles. The van der Waals surface area contributed by atoms with Gasteiger partial charge in [0.25, 0.3) is 0 Å². The van der Waals surface area contributed by atoms with Crippen molar-refractivity contribution in [3.63, 3.8) is 0 Å². The van der Waals surface area contributed by atoms with Crippen molar-refractivity contribution in [1.82, 2.24) is 0 Å². The van der Waals surface area contributed by atoms with Gasteiger partial charge in [-0.1, -0.05) is 120 Å². The predicted molar refractivity (Wildman–Crippen MR) is 126 cm³/mol. The normalized spacial score (nSPS) is 12.9. The average Bonchev–Trinajstić information content (AvgIpc) is 2.72. The summed E-state index contributed by atoms with van der Waals surface area (Å²) in [4.78, 5) is 0. The van der Waals surface area contributed by atoms with Gasteiger partial charge >= 0.3 is 0 Å². The molecule has 0 nitrogen and oxygen atoms in total. The van der Waals surface area contributed by atoms with Crippen molar-refractivity contribution >= 4 is 0 Å². The van der Waals surface area contributed by atoms with Gasteiger partial charge in [-0.15, -0.1) is 0 Å². The van der Waals surface area contributed by atoms with Gasteiger partial charge in [0, 0.05) is 5.92 Å². The van der Waals surface area contributed by atoms with Crippen LogP contribution < -0.4 is 0 Å². The highest BCUT2D eigenvalue weighted by Gasteiger charge is 2.28. The first kappa shape index (κ1) is 21.4. The average molecular weight is 384 g/mol. The number of hydrogen-bond acceptors (Lipinski definition) is 0. The van der Waals surface area contributed by atoms with Gasteiger partial charge in [-0.25, -0.2) is 0 Å². The van der Waals surface area contributed by atoms with Gasteiger partial charge < -0.3 is 0 Å². The maximum absolute atomic E-state index is 2.38. The third-order valence-electron chi connectivity index (χ3n) is 5.93. The fraction of sp³-hybridized carbons (Fsp3) is 0.345. The standard InChI is InChI=1S/C29H35/c1-6-22(2)27(21-24-16-11-8-12-17-24)26-19-13-18-25(28(26)29(3,4)5)20-23-14-9-7-10-15-23/h7-19,22H,6,20-21H2,1-5H3. The van der Waals surface area contributed by atoms with Crippen LogP contribution in [0, 0.1) is 11.8 Å². The van der Waals surface area contributed by atoms with Gasteiger partial charge in [-0.3, -0.25) is 0 Å². The van der Waals surface area contributed by atoms with E-state index in [4.69, 9.17) is 0 Å². The minimum absolute atomic E-state index is 0.0934. The Morgan fingerprint density at radius 3 is 1.90 bits per heavy atom. The highest BCUT2D eigenvalue weighted by atomic mass is 14.3.